The van der Waals surface area contributed by atoms with Crippen molar-refractivity contribution in [3.63, 3.8) is 0 Å². The Morgan fingerprint density at radius 2 is 1.93 bits per heavy atom. The highest BCUT2D eigenvalue weighted by Crippen LogP contribution is 2.31. The molecule has 1 aliphatic carbocycles. The molecule has 2 rings (SSSR count). The van der Waals surface area contributed by atoms with Crippen molar-refractivity contribution in [2.75, 3.05) is 7.11 Å². The molecule has 1 fully saturated rings. The van der Waals surface area contributed by atoms with Crippen LogP contribution in [0.1, 0.15) is 69.8 Å². The summed E-state index contributed by atoms with van der Waals surface area (Å²) < 4.78 is 15.9. The van der Waals surface area contributed by atoms with Crippen LogP contribution in [0, 0.1) is 5.92 Å². The van der Waals surface area contributed by atoms with Gasteiger partial charge in [0.2, 0.25) is 5.75 Å². The van der Waals surface area contributed by atoms with Gasteiger partial charge in [0.1, 0.15) is 12.1 Å². The second-order valence-corrected chi connectivity index (χ2v) is 7.26. The number of pyridine rings is 1. The van der Waals surface area contributed by atoms with E-state index in [2.05, 4.69) is 10.3 Å². The Kier molecular flexibility index (Phi) is 8.42. The Bertz CT molecular complexity index is 730. The Morgan fingerprint density at radius 1 is 1.24 bits per heavy atom. The summed E-state index contributed by atoms with van der Waals surface area (Å²) in [7, 11) is 1.39. The number of amides is 1. The van der Waals surface area contributed by atoms with Gasteiger partial charge >= 0.3 is 11.9 Å². The summed E-state index contributed by atoms with van der Waals surface area (Å²) in [6.07, 6.45) is 7.62. The van der Waals surface area contributed by atoms with Crippen molar-refractivity contribution in [2.45, 2.75) is 71.4 Å². The van der Waals surface area contributed by atoms with Crippen molar-refractivity contribution < 1.29 is 28.6 Å². The van der Waals surface area contributed by atoms with Crippen LogP contribution in [-0.4, -0.2) is 42.1 Å². The maximum atomic E-state index is 12.7. The molecule has 1 saturated carbocycles. The first kappa shape index (κ1) is 22.6. The lowest BCUT2D eigenvalue weighted by Crippen LogP contribution is -2.42. The standard InChI is InChI=1S/C21H30N2O6/c1-5-16(15-9-7-6-8-10-15)29-21(26)13(2)23-20(25)18-19(28-14(3)24)17(27-4)11-12-22-18/h11-13,15-16H,5-10H2,1-4H3,(H,23,25)/t13-,16?/m0/s1. The molecule has 2 atom stereocenters. The van der Waals surface area contributed by atoms with E-state index in [1.54, 1.807) is 6.92 Å². The molecule has 1 unspecified atom stereocenters. The fourth-order valence-corrected chi connectivity index (χ4v) is 3.59. The van der Waals surface area contributed by atoms with Gasteiger partial charge in [0, 0.05) is 19.2 Å². The number of rotatable bonds is 8. The maximum Gasteiger partial charge on any atom is 0.328 e. The maximum absolute atomic E-state index is 12.7. The van der Waals surface area contributed by atoms with Crippen LogP contribution in [0.2, 0.25) is 0 Å². The zero-order chi connectivity index (χ0) is 21.4. The van der Waals surface area contributed by atoms with E-state index in [0.717, 1.165) is 32.1 Å². The zero-order valence-electron chi connectivity index (χ0n) is 17.5. The molecule has 1 heterocycles. The predicted molar refractivity (Wildman–Crippen MR) is 106 cm³/mol. The fraction of sp³-hybridized carbons (Fsp3) is 0.619. The summed E-state index contributed by atoms with van der Waals surface area (Å²) in [6.45, 7) is 4.77. The molecule has 1 aliphatic rings. The average Bonchev–Trinajstić information content (AvgIpc) is 2.72. The minimum Gasteiger partial charge on any atom is -0.493 e. The van der Waals surface area contributed by atoms with Crippen molar-refractivity contribution in [1.82, 2.24) is 10.3 Å². The molecular formula is C21H30N2O6. The van der Waals surface area contributed by atoms with Crippen LogP contribution in [0.15, 0.2) is 12.3 Å². The van der Waals surface area contributed by atoms with E-state index in [4.69, 9.17) is 14.2 Å². The normalized spacial score (nSPS) is 16.4. The molecule has 8 heteroatoms. The van der Waals surface area contributed by atoms with Gasteiger partial charge in [-0.2, -0.15) is 0 Å². The molecule has 0 spiro atoms. The van der Waals surface area contributed by atoms with Gasteiger partial charge in [-0.1, -0.05) is 26.2 Å². The molecule has 1 aromatic rings. The van der Waals surface area contributed by atoms with Crippen molar-refractivity contribution in [3.05, 3.63) is 18.0 Å². The highest BCUT2D eigenvalue weighted by molar-refractivity contribution is 5.98. The number of nitrogens with zero attached hydrogens (tertiary/aromatic N) is 1. The molecule has 0 aliphatic heterocycles. The summed E-state index contributed by atoms with van der Waals surface area (Å²) in [6, 6.07) is 0.598. The first-order valence-corrected chi connectivity index (χ1v) is 10.1. The van der Waals surface area contributed by atoms with Crippen LogP contribution < -0.4 is 14.8 Å². The number of methoxy groups -OCH3 is 1. The molecule has 1 aromatic heterocycles. The minimum atomic E-state index is -0.877. The van der Waals surface area contributed by atoms with E-state index in [1.807, 2.05) is 6.92 Å². The number of carbonyl (C=O) groups is 3. The highest BCUT2D eigenvalue weighted by Gasteiger charge is 2.29. The third-order valence-electron chi connectivity index (χ3n) is 5.10. The van der Waals surface area contributed by atoms with Crippen molar-refractivity contribution >= 4 is 17.8 Å². The molecule has 29 heavy (non-hydrogen) atoms. The molecule has 0 saturated heterocycles. The third-order valence-corrected chi connectivity index (χ3v) is 5.10. The molecule has 8 nitrogen and oxygen atoms in total. The summed E-state index contributed by atoms with van der Waals surface area (Å²) in [5.41, 5.74) is -0.140. The fourth-order valence-electron chi connectivity index (χ4n) is 3.59. The molecular weight excluding hydrogens is 376 g/mol. The predicted octanol–water partition coefficient (Wildman–Crippen LogP) is 3.04. The first-order valence-electron chi connectivity index (χ1n) is 10.1. The lowest BCUT2D eigenvalue weighted by molar-refractivity contribution is -0.154. The lowest BCUT2D eigenvalue weighted by atomic mass is 9.84. The van der Waals surface area contributed by atoms with Gasteiger partial charge in [0.15, 0.2) is 11.4 Å². The highest BCUT2D eigenvalue weighted by atomic mass is 16.6. The van der Waals surface area contributed by atoms with Crippen LogP contribution in [0.25, 0.3) is 0 Å². The largest absolute Gasteiger partial charge is 0.493 e. The van der Waals surface area contributed by atoms with Gasteiger partial charge in [-0.25, -0.2) is 9.78 Å². The molecule has 160 valence electrons. The smallest absolute Gasteiger partial charge is 0.328 e. The van der Waals surface area contributed by atoms with Gasteiger partial charge in [-0.3, -0.25) is 9.59 Å². The zero-order valence-corrected chi connectivity index (χ0v) is 17.5. The van der Waals surface area contributed by atoms with E-state index in [-0.39, 0.29) is 23.3 Å². The Labute approximate surface area is 171 Å². The van der Waals surface area contributed by atoms with Crippen LogP contribution >= 0.6 is 0 Å². The number of carbonyl (C=O) groups excluding carboxylic acids is 3. The van der Waals surface area contributed by atoms with Crippen LogP contribution in [-0.2, 0) is 14.3 Å². The van der Waals surface area contributed by atoms with E-state index >= 15 is 0 Å². The number of ether oxygens (including phenoxy) is 3. The van der Waals surface area contributed by atoms with Crippen molar-refractivity contribution in [3.8, 4) is 11.5 Å². The summed E-state index contributed by atoms with van der Waals surface area (Å²) in [4.78, 5) is 40.6. The quantitative estimate of drug-likeness (QED) is 0.662. The topological polar surface area (TPSA) is 104 Å². The number of aromatic nitrogens is 1. The summed E-state index contributed by atoms with van der Waals surface area (Å²) in [5.74, 6) is -1.29. The molecule has 1 amide bonds. The molecule has 0 aromatic carbocycles. The monoisotopic (exact) mass is 406 g/mol. The van der Waals surface area contributed by atoms with E-state index in [9.17, 15) is 14.4 Å². The van der Waals surface area contributed by atoms with Gasteiger partial charge in [-0.05, 0) is 32.1 Å². The van der Waals surface area contributed by atoms with Crippen LogP contribution in [0.4, 0.5) is 0 Å². The van der Waals surface area contributed by atoms with Crippen LogP contribution in [0.5, 0.6) is 11.5 Å². The SMILES string of the molecule is CCC(OC(=O)[C@H](C)NC(=O)c1nccc(OC)c1OC(C)=O)C1CCCCC1. The van der Waals surface area contributed by atoms with Gasteiger partial charge in [-0.15, -0.1) is 0 Å². The van der Waals surface area contributed by atoms with Gasteiger partial charge in [0.25, 0.3) is 5.91 Å². The Morgan fingerprint density at radius 3 is 2.52 bits per heavy atom. The van der Waals surface area contributed by atoms with Gasteiger partial charge in [0.05, 0.1) is 7.11 Å². The number of nitrogens with one attached hydrogen (secondary N) is 1. The second kappa shape index (κ2) is 10.8. The first-order chi connectivity index (χ1) is 13.9. The Balaban J connectivity index is 2.05. The summed E-state index contributed by atoms with van der Waals surface area (Å²) in [5, 5.41) is 2.57. The minimum absolute atomic E-state index is 0.0887. The van der Waals surface area contributed by atoms with Crippen LogP contribution in [0.3, 0.4) is 0 Å². The molecule has 1 N–H and O–H groups in total. The van der Waals surface area contributed by atoms with Crippen molar-refractivity contribution in [1.29, 1.82) is 0 Å². The Hall–Kier alpha value is -2.64. The number of hydrogen-bond donors (Lipinski definition) is 1. The molecule has 0 bridgehead atoms. The van der Waals surface area contributed by atoms with E-state index in [0.29, 0.717) is 5.92 Å². The molecule has 0 radical (unpaired) electrons. The number of esters is 2. The lowest BCUT2D eigenvalue weighted by Gasteiger charge is -2.30. The third kappa shape index (κ3) is 6.17. The van der Waals surface area contributed by atoms with E-state index in [1.165, 1.54) is 32.7 Å². The second-order valence-electron chi connectivity index (χ2n) is 7.26. The number of hydrogen-bond acceptors (Lipinski definition) is 7. The average molecular weight is 406 g/mol. The van der Waals surface area contributed by atoms with Gasteiger partial charge < -0.3 is 19.5 Å². The van der Waals surface area contributed by atoms with E-state index < -0.39 is 23.9 Å². The van der Waals surface area contributed by atoms with Crippen molar-refractivity contribution in [2.24, 2.45) is 5.92 Å². The summed E-state index contributed by atoms with van der Waals surface area (Å²) >= 11 is 0.